The molecule has 136 valence electrons. The summed E-state index contributed by atoms with van der Waals surface area (Å²) in [5.74, 6) is 0.758. The fraction of sp³-hybridized carbons (Fsp3) is 0.474. The third-order valence-electron chi connectivity index (χ3n) is 4.65. The van der Waals surface area contributed by atoms with E-state index in [4.69, 9.17) is 0 Å². The van der Waals surface area contributed by atoms with Gasteiger partial charge in [0, 0.05) is 17.4 Å². The molecule has 0 radical (unpaired) electrons. The number of aryl methyl sites for hydroxylation is 2. The summed E-state index contributed by atoms with van der Waals surface area (Å²) in [6.07, 6.45) is 3.93. The van der Waals surface area contributed by atoms with Gasteiger partial charge >= 0.3 is 0 Å². The lowest BCUT2D eigenvalue weighted by Gasteiger charge is -2.21. The maximum atomic E-state index is 12.2. The van der Waals surface area contributed by atoms with Gasteiger partial charge in [-0.3, -0.25) is 4.79 Å². The highest BCUT2D eigenvalue weighted by atomic mass is 35.5. The van der Waals surface area contributed by atoms with Crippen molar-refractivity contribution in [2.24, 2.45) is 5.92 Å². The Balaban J connectivity index is 0.00000225. The Hall–Kier alpha value is -1.43. The molecule has 1 fully saturated rings. The van der Waals surface area contributed by atoms with Gasteiger partial charge in [-0.1, -0.05) is 23.8 Å². The first kappa shape index (κ1) is 19.9. The fourth-order valence-corrected chi connectivity index (χ4v) is 3.97. The Kier molecular flexibility index (Phi) is 7.41. The van der Waals surface area contributed by atoms with Gasteiger partial charge in [0.1, 0.15) is 0 Å². The van der Waals surface area contributed by atoms with Crippen LogP contribution in [-0.2, 0) is 4.79 Å². The normalized spacial score (nSPS) is 14.8. The quantitative estimate of drug-likeness (QED) is 0.800. The molecule has 0 bridgehead atoms. The van der Waals surface area contributed by atoms with E-state index >= 15 is 0 Å². The molecule has 2 aromatic rings. The van der Waals surface area contributed by atoms with Crippen LogP contribution in [0.1, 0.15) is 36.8 Å². The first-order valence-electron chi connectivity index (χ1n) is 8.65. The van der Waals surface area contributed by atoms with E-state index in [1.807, 2.05) is 5.38 Å². The van der Waals surface area contributed by atoms with Crippen LogP contribution in [0.2, 0.25) is 0 Å². The minimum atomic E-state index is 0. The second-order valence-corrected chi connectivity index (χ2v) is 7.49. The predicted octanol–water partition coefficient (Wildman–Crippen LogP) is 4.57. The lowest BCUT2D eigenvalue weighted by atomic mass is 9.93. The first-order valence-corrected chi connectivity index (χ1v) is 9.53. The molecule has 25 heavy (non-hydrogen) atoms. The van der Waals surface area contributed by atoms with Crippen LogP contribution in [0, 0.1) is 19.8 Å². The Labute approximate surface area is 159 Å². The monoisotopic (exact) mass is 379 g/mol. The lowest BCUT2D eigenvalue weighted by molar-refractivity contribution is -0.116. The van der Waals surface area contributed by atoms with E-state index < -0.39 is 0 Å². The molecule has 1 amide bonds. The van der Waals surface area contributed by atoms with Crippen molar-refractivity contribution in [2.45, 2.75) is 39.5 Å². The highest BCUT2D eigenvalue weighted by molar-refractivity contribution is 7.14. The van der Waals surface area contributed by atoms with Crippen LogP contribution in [0.15, 0.2) is 23.6 Å². The van der Waals surface area contributed by atoms with Crippen LogP contribution in [0.4, 0.5) is 5.13 Å². The Bertz CT molecular complexity index is 710. The molecule has 4 nitrogen and oxygen atoms in total. The number of hydrogen-bond acceptors (Lipinski definition) is 4. The SMILES string of the molecule is Cc1ccc(-c2csc(NC(=O)CCC3CCNCC3)n2)c(C)c1.Cl. The van der Waals surface area contributed by atoms with Crippen molar-refractivity contribution in [1.29, 1.82) is 0 Å². The van der Waals surface area contributed by atoms with Gasteiger partial charge in [-0.05, 0) is 57.7 Å². The number of anilines is 1. The van der Waals surface area contributed by atoms with Crippen molar-refractivity contribution in [3.63, 3.8) is 0 Å². The van der Waals surface area contributed by atoms with Crippen LogP contribution in [-0.4, -0.2) is 24.0 Å². The third kappa shape index (κ3) is 5.53. The van der Waals surface area contributed by atoms with E-state index in [1.54, 1.807) is 0 Å². The van der Waals surface area contributed by atoms with Crippen LogP contribution < -0.4 is 10.6 Å². The molecule has 6 heteroatoms. The molecule has 0 saturated carbocycles. The molecule has 2 N–H and O–H groups in total. The summed E-state index contributed by atoms with van der Waals surface area (Å²) in [5, 5.41) is 9.02. The van der Waals surface area contributed by atoms with Crippen molar-refractivity contribution in [3.05, 3.63) is 34.7 Å². The number of piperidine rings is 1. The van der Waals surface area contributed by atoms with Gasteiger partial charge in [0.05, 0.1) is 5.69 Å². The molecule has 1 saturated heterocycles. The molecular formula is C19H26ClN3OS. The van der Waals surface area contributed by atoms with E-state index in [9.17, 15) is 4.79 Å². The molecular weight excluding hydrogens is 354 g/mol. The molecule has 1 aliphatic rings. The number of hydrogen-bond donors (Lipinski definition) is 2. The smallest absolute Gasteiger partial charge is 0.226 e. The second kappa shape index (κ2) is 9.32. The van der Waals surface area contributed by atoms with Crippen molar-refractivity contribution in [2.75, 3.05) is 18.4 Å². The number of nitrogens with one attached hydrogen (secondary N) is 2. The number of aromatic nitrogens is 1. The summed E-state index contributed by atoms with van der Waals surface area (Å²) < 4.78 is 0. The molecule has 0 spiro atoms. The summed E-state index contributed by atoms with van der Waals surface area (Å²) in [6, 6.07) is 6.35. The van der Waals surface area contributed by atoms with E-state index in [1.165, 1.54) is 35.3 Å². The summed E-state index contributed by atoms with van der Waals surface area (Å²) in [6.45, 7) is 6.35. The zero-order valence-corrected chi connectivity index (χ0v) is 16.4. The number of thiazole rings is 1. The van der Waals surface area contributed by atoms with Gasteiger partial charge in [0.25, 0.3) is 0 Å². The van der Waals surface area contributed by atoms with Gasteiger partial charge < -0.3 is 10.6 Å². The number of amides is 1. The standard InChI is InChI=1S/C19H25N3OS.ClH/c1-13-3-5-16(14(2)11-13)17-12-24-19(21-17)22-18(23)6-4-15-7-9-20-10-8-15;/h3,5,11-12,15,20H,4,6-10H2,1-2H3,(H,21,22,23);1H. The van der Waals surface area contributed by atoms with Crippen LogP contribution in [0.25, 0.3) is 11.3 Å². The Morgan fingerprint density at radius 3 is 2.80 bits per heavy atom. The molecule has 1 aliphatic heterocycles. The maximum absolute atomic E-state index is 12.2. The van der Waals surface area contributed by atoms with Crippen LogP contribution in [0.3, 0.4) is 0 Å². The number of rotatable bonds is 5. The molecule has 3 rings (SSSR count). The van der Waals surface area contributed by atoms with Gasteiger partial charge in [-0.15, -0.1) is 23.7 Å². The van der Waals surface area contributed by atoms with E-state index in [0.29, 0.717) is 17.5 Å². The van der Waals surface area contributed by atoms with Crippen molar-refractivity contribution < 1.29 is 4.79 Å². The minimum Gasteiger partial charge on any atom is -0.317 e. The Morgan fingerprint density at radius 2 is 2.08 bits per heavy atom. The number of carbonyl (C=O) groups is 1. The minimum absolute atomic E-state index is 0. The largest absolute Gasteiger partial charge is 0.317 e. The Morgan fingerprint density at radius 1 is 1.32 bits per heavy atom. The number of halogens is 1. The summed E-state index contributed by atoms with van der Waals surface area (Å²) >= 11 is 1.49. The van der Waals surface area contributed by atoms with Crippen molar-refractivity contribution in [3.8, 4) is 11.3 Å². The third-order valence-corrected chi connectivity index (χ3v) is 5.40. The second-order valence-electron chi connectivity index (χ2n) is 6.64. The molecule has 1 aromatic carbocycles. The number of benzene rings is 1. The van der Waals surface area contributed by atoms with Gasteiger partial charge in [0.2, 0.25) is 5.91 Å². The predicted molar refractivity (Wildman–Crippen MR) is 108 cm³/mol. The fourth-order valence-electron chi connectivity index (χ4n) is 3.24. The van der Waals surface area contributed by atoms with Crippen molar-refractivity contribution >= 4 is 34.8 Å². The zero-order chi connectivity index (χ0) is 16.9. The molecule has 2 heterocycles. The highest BCUT2D eigenvalue weighted by Crippen LogP contribution is 2.28. The molecule has 0 aliphatic carbocycles. The average molecular weight is 380 g/mol. The average Bonchev–Trinajstić information content (AvgIpc) is 3.02. The van der Waals surface area contributed by atoms with Crippen molar-refractivity contribution in [1.82, 2.24) is 10.3 Å². The van der Waals surface area contributed by atoms with E-state index in [0.717, 1.165) is 30.8 Å². The maximum Gasteiger partial charge on any atom is 0.226 e. The summed E-state index contributed by atoms with van der Waals surface area (Å²) in [4.78, 5) is 16.7. The van der Waals surface area contributed by atoms with E-state index in [-0.39, 0.29) is 18.3 Å². The number of nitrogens with zero attached hydrogens (tertiary/aromatic N) is 1. The van der Waals surface area contributed by atoms with E-state index in [2.05, 4.69) is 47.7 Å². The summed E-state index contributed by atoms with van der Waals surface area (Å²) in [7, 11) is 0. The topological polar surface area (TPSA) is 54.0 Å². The summed E-state index contributed by atoms with van der Waals surface area (Å²) in [5.41, 5.74) is 4.53. The molecule has 1 aromatic heterocycles. The lowest BCUT2D eigenvalue weighted by Crippen LogP contribution is -2.28. The molecule has 0 atom stereocenters. The number of carbonyl (C=O) groups excluding carboxylic acids is 1. The van der Waals surface area contributed by atoms with Gasteiger partial charge in [-0.2, -0.15) is 0 Å². The van der Waals surface area contributed by atoms with Crippen LogP contribution in [0.5, 0.6) is 0 Å². The zero-order valence-electron chi connectivity index (χ0n) is 14.8. The van der Waals surface area contributed by atoms with Crippen LogP contribution >= 0.6 is 23.7 Å². The molecule has 0 unspecified atom stereocenters. The van der Waals surface area contributed by atoms with Gasteiger partial charge in [0.15, 0.2) is 5.13 Å². The highest BCUT2D eigenvalue weighted by Gasteiger charge is 2.15. The first-order chi connectivity index (χ1) is 11.6. The van der Waals surface area contributed by atoms with Gasteiger partial charge in [-0.25, -0.2) is 4.98 Å².